The lowest BCUT2D eigenvalue weighted by Gasteiger charge is -2.21. The van der Waals surface area contributed by atoms with Crippen LogP contribution in [-0.4, -0.2) is 46.9 Å². The van der Waals surface area contributed by atoms with Crippen molar-refractivity contribution in [3.05, 3.63) is 47.0 Å². The van der Waals surface area contributed by atoms with Crippen molar-refractivity contribution in [2.45, 2.75) is 38.6 Å². The summed E-state index contributed by atoms with van der Waals surface area (Å²) in [7, 11) is 0. The van der Waals surface area contributed by atoms with E-state index in [1.165, 1.54) is 12.8 Å². The van der Waals surface area contributed by atoms with Crippen molar-refractivity contribution >= 4 is 40.2 Å². The highest BCUT2D eigenvalue weighted by Crippen LogP contribution is 2.28. The molecular weight excluding hydrogens is 424 g/mol. The van der Waals surface area contributed by atoms with E-state index in [9.17, 15) is 4.79 Å². The number of fused-ring (bicyclic) bond motifs is 1. The molecule has 0 saturated carbocycles. The summed E-state index contributed by atoms with van der Waals surface area (Å²) in [6, 6.07) is 11.8. The van der Waals surface area contributed by atoms with Crippen molar-refractivity contribution in [1.82, 2.24) is 20.1 Å². The van der Waals surface area contributed by atoms with Crippen molar-refractivity contribution < 1.29 is 4.79 Å². The monoisotopic (exact) mass is 452 g/mol. The Hall–Kier alpha value is -2.64. The first kappa shape index (κ1) is 21.2. The van der Waals surface area contributed by atoms with Crippen LogP contribution in [0.15, 0.2) is 36.4 Å². The molecule has 0 radical (unpaired) electrons. The Morgan fingerprint density at radius 3 is 2.59 bits per heavy atom. The first-order valence-corrected chi connectivity index (χ1v) is 11.9. The summed E-state index contributed by atoms with van der Waals surface area (Å²) in [5.74, 6) is 2.02. The Kier molecular flexibility index (Phi) is 6.28. The zero-order valence-corrected chi connectivity index (χ0v) is 18.9. The first-order valence-electron chi connectivity index (χ1n) is 11.5. The lowest BCUT2D eigenvalue weighted by atomic mass is 9.94. The van der Waals surface area contributed by atoms with Crippen LogP contribution in [0, 0.1) is 5.92 Å². The van der Waals surface area contributed by atoms with Gasteiger partial charge in [-0.3, -0.25) is 4.79 Å². The van der Waals surface area contributed by atoms with E-state index in [1.807, 2.05) is 41.1 Å². The summed E-state index contributed by atoms with van der Waals surface area (Å²) in [6.07, 6.45) is 5.01. The van der Waals surface area contributed by atoms with Crippen molar-refractivity contribution in [3.8, 4) is 0 Å². The molecule has 2 aliphatic rings. The van der Waals surface area contributed by atoms with E-state index in [2.05, 4.69) is 15.5 Å². The number of halogens is 1. The van der Waals surface area contributed by atoms with Gasteiger partial charge in [0.15, 0.2) is 11.5 Å². The predicted octanol–water partition coefficient (Wildman–Crippen LogP) is 4.06. The molecular formula is C24H29ClN6O. The van der Waals surface area contributed by atoms with Crippen LogP contribution in [0.2, 0.25) is 5.02 Å². The molecule has 0 unspecified atom stereocenters. The molecule has 1 aromatic carbocycles. The number of nitrogens with one attached hydrogen (secondary N) is 2. The van der Waals surface area contributed by atoms with Crippen LogP contribution in [0.1, 0.15) is 37.7 Å². The second-order valence-corrected chi connectivity index (χ2v) is 9.25. The van der Waals surface area contributed by atoms with Crippen molar-refractivity contribution in [3.63, 3.8) is 0 Å². The summed E-state index contributed by atoms with van der Waals surface area (Å²) < 4.78 is 1.89. The van der Waals surface area contributed by atoms with E-state index < -0.39 is 0 Å². The molecule has 8 heteroatoms. The van der Waals surface area contributed by atoms with Gasteiger partial charge in [0.1, 0.15) is 5.82 Å². The Bertz CT molecular complexity index is 1080. The number of pyridine rings is 1. The van der Waals surface area contributed by atoms with Gasteiger partial charge in [-0.05, 0) is 74.5 Å². The largest absolute Gasteiger partial charge is 0.357 e. The molecule has 32 heavy (non-hydrogen) atoms. The van der Waals surface area contributed by atoms with Crippen molar-refractivity contribution in [2.75, 3.05) is 36.4 Å². The number of amides is 1. The molecule has 2 fully saturated rings. The minimum atomic E-state index is 0.0264. The Labute approximate surface area is 193 Å². The lowest BCUT2D eigenvalue weighted by Crippen LogP contribution is -2.30. The number of aromatic nitrogens is 3. The highest BCUT2D eigenvalue weighted by Gasteiger charge is 2.21. The molecule has 5 rings (SSSR count). The number of rotatable bonds is 6. The third-order valence-electron chi connectivity index (χ3n) is 6.45. The van der Waals surface area contributed by atoms with Crippen LogP contribution in [-0.2, 0) is 11.3 Å². The van der Waals surface area contributed by atoms with Crippen LogP contribution in [0.4, 0.5) is 11.6 Å². The molecule has 4 heterocycles. The zero-order chi connectivity index (χ0) is 21.9. The number of carbonyl (C=O) groups excluding carboxylic acids is 1. The van der Waals surface area contributed by atoms with Gasteiger partial charge in [0.05, 0.1) is 11.9 Å². The SMILES string of the molecule is O=C(CC1CCNCC1)Nc1nn(Cc2ccc(Cl)cc2)c2nc(N3CCCC3)ccc12. The smallest absolute Gasteiger partial charge is 0.225 e. The highest BCUT2D eigenvalue weighted by atomic mass is 35.5. The first-order chi connectivity index (χ1) is 15.7. The number of hydrogen-bond donors (Lipinski definition) is 2. The van der Waals surface area contributed by atoms with Crippen molar-refractivity contribution in [1.29, 1.82) is 0 Å². The predicted molar refractivity (Wildman–Crippen MR) is 128 cm³/mol. The van der Waals surface area contributed by atoms with Gasteiger partial charge in [-0.15, -0.1) is 0 Å². The topological polar surface area (TPSA) is 75.1 Å². The van der Waals surface area contributed by atoms with Crippen LogP contribution in [0.5, 0.6) is 0 Å². The molecule has 2 aromatic heterocycles. The van der Waals surface area contributed by atoms with Crippen LogP contribution in [0.3, 0.4) is 0 Å². The maximum Gasteiger partial charge on any atom is 0.225 e. The van der Waals surface area contributed by atoms with Gasteiger partial charge in [0.2, 0.25) is 5.91 Å². The van der Waals surface area contributed by atoms with Crippen molar-refractivity contribution in [2.24, 2.45) is 5.92 Å². The fourth-order valence-electron chi connectivity index (χ4n) is 4.66. The molecule has 0 spiro atoms. The maximum absolute atomic E-state index is 12.8. The summed E-state index contributed by atoms with van der Waals surface area (Å²) in [4.78, 5) is 20.1. The van der Waals surface area contributed by atoms with Gasteiger partial charge in [-0.1, -0.05) is 23.7 Å². The lowest BCUT2D eigenvalue weighted by molar-refractivity contribution is -0.117. The number of hydrogen-bond acceptors (Lipinski definition) is 5. The number of carbonyl (C=O) groups is 1. The normalized spacial score (nSPS) is 17.2. The van der Waals surface area contributed by atoms with E-state index in [-0.39, 0.29) is 5.91 Å². The molecule has 1 amide bonds. The van der Waals surface area contributed by atoms with E-state index in [4.69, 9.17) is 21.7 Å². The summed E-state index contributed by atoms with van der Waals surface area (Å²) in [5.41, 5.74) is 1.88. The van der Waals surface area contributed by atoms with E-state index in [0.29, 0.717) is 29.7 Å². The number of nitrogens with zero attached hydrogens (tertiary/aromatic N) is 4. The van der Waals surface area contributed by atoms with Gasteiger partial charge in [-0.2, -0.15) is 5.10 Å². The number of piperidine rings is 1. The minimum Gasteiger partial charge on any atom is -0.357 e. The van der Waals surface area contributed by atoms with Crippen LogP contribution < -0.4 is 15.5 Å². The third kappa shape index (κ3) is 4.74. The second-order valence-electron chi connectivity index (χ2n) is 8.81. The molecule has 168 valence electrons. The maximum atomic E-state index is 12.8. The summed E-state index contributed by atoms with van der Waals surface area (Å²) >= 11 is 6.05. The van der Waals surface area contributed by atoms with Crippen LogP contribution >= 0.6 is 11.6 Å². The molecule has 2 aliphatic heterocycles. The summed E-state index contributed by atoms with van der Waals surface area (Å²) in [6.45, 7) is 4.60. The van der Waals surface area contributed by atoms with E-state index in [1.54, 1.807) is 0 Å². The van der Waals surface area contributed by atoms with Gasteiger partial charge >= 0.3 is 0 Å². The highest BCUT2D eigenvalue weighted by molar-refractivity contribution is 6.30. The van der Waals surface area contributed by atoms with Gasteiger partial charge in [0.25, 0.3) is 0 Å². The van der Waals surface area contributed by atoms with Crippen LogP contribution in [0.25, 0.3) is 11.0 Å². The fraction of sp³-hybridized carbons (Fsp3) is 0.458. The van der Waals surface area contributed by atoms with E-state index in [0.717, 1.165) is 61.4 Å². The molecule has 0 bridgehead atoms. The molecule has 3 aromatic rings. The number of benzene rings is 1. The minimum absolute atomic E-state index is 0.0264. The third-order valence-corrected chi connectivity index (χ3v) is 6.70. The standard InChI is InChI=1S/C24H29ClN6O/c25-19-5-3-18(4-6-19)16-31-24-20(7-8-21(27-24)30-13-1-2-14-30)23(29-31)28-22(32)15-17-9-11-26-12-10-17/h3-8,17,26H,1-2,9-16H2,(H,28,29,32). The van der Waals surface area contributed by atoms with Gasteiger partial charge in [0, 0.05) is 24.5 Å². The molecule has 0 aliphatic carbocycles. The zero-order valence-electron chi connectivity index (χ0n) is 18.2. The molecule has 2 saturated heterocycles. The van der Waals surface area contributed by atoms with E-state index >= 15 is 0 Å². The molecule has 7 nitrogen and oxygen atoms in total. The molecule has 2 N–H and O–H groups in total. The Morgan fingerprint density at radius 1 is 1.09 bits per heavy atom. The summed E-state index contributed by atoms with van der Waals surface area (Å²) in [5, 5.41) is 12.8. The average Bonchev–Trinajstić information content (AvgIpc) is 3.45. The Balaban J connectivity index is 1.43. The second kappa shape index (κ2) is 9.46. The Morgan fingerprint density at radius 2 is 1.84 bits per heavy atom. The fourth-order valence-corrected chi connectivity index (χ4v) is 4.79. The van der Waals surface area contributed by atoms with Gasteiger partial charge < -0.3 is 15.5 Å². The average molecular weight is 453 g/mol. The number of anilines is 2. The van der Waals surface area contributed by atoms with Gasteiger partial charge in [-0.25, -0.2) is 9.67 Å². The quantitative estimate of drug-likeness (QED) is 0.589. The molecule has 0 atom stereocenters.